The van der Waals surface area contributed by atoms with Crippen LogP contribution in [-0.4, -0.2) is 19.1 Å². The molecule has 54 heavy (non-hydrogen) atoms. The Labute approximate surface area is 311 Å². The van der Waals surface area contributed by atoms with Crippen LogP contribution in [0.4, 0.5) is 0 Å². The third-order valence-electron chi connectivity index (χ3n) is 10.7. The molecule has 0 unspecified atom stereocenters. The predicted molar refractivity (Wildman–Crippen MR) is 225 cm³/mol. The van der Waals surface area contributed by atoms with Crippen LogP contribution in [0.15, 0.2) is 194 Å². The van der Waals surface area contributed by atoms with Gasteiger partial charge in [-0.05, 0) is 82.9 Å². The molecule has 252 valence electrons. The molecule has 0 radical (unpaired) electrons. The summed E-state index contributed by atoms with van der Waals surface area (Å²) in [6.07, 6.45) is 0. The number of benzene rings is 8. The highest BCUT2D eigenvalue weighted by Gasteiger charge is 2.19. The number of rotatable bonds is 5. The quantitative estimate of drug-likeness (QED) is 0.180. The molecule has 0 saturated heterocycles. The summed E-state index contributed by atoms with van der Waals surface area (Å²) >= 11 is 0. The summed E-state index contributed by atoms with van der Waals surface area (Å²) in [5.41, 5.74) is 12.4. The summed E-state index contributed by atoms with van der Waals surface area (Å²) in [6, 6.07) is 69.1. The van der Waals surface area contributed by atoms with Crippen molar-refractivity contribution in [2.75, 3.05) is 0 Å². The maximum atomic E-state index is 5.34. The van der Waals surface area contributed by atoms with Gasteiger partial charge in [0.15, 0.2) is 5.82 Å². The zero-order valence-corrected chi connectivity index (χ0v) is 29.3. The lowest BCUT2D eigenvalue weighted by molar-refractivity contribution is 1.08. The largest absolute Gasteiger partial charge is 0.309 e. The van der Waals surface area contributed by atoms with E-state index in [1.54, 1.807) is 0 Å². The number of hydrogen-bond donors (Lipinski definition) is 0. The Hall–Kier alpha value is -7.30. The Morgan fingerprint density at radius 1 is 0.296 bits per heavy atom. The van der Waals surface area contributed by atoms with Crippen molar-refractivity contribution >= 4 is 54.5 Å². The molecule has 4 heteroatoms. The van der Waals surface area contributed by atoms with Crippen molar-refractivity contribution < 1.29 is 0 Å². The van der Waals surface area contributed by atoms with Gasteiger partial charge in [-0.15, -0.1) is 0 Å². The fourth-order valence-corrected chi connectivity index (χ4v) is 8.19. The number of nitrogens with zero attached hydrogens (tertiary/aromatic N) is 4. The topological polar surface area (TPSA) is 35.6 Å². The minimum Gasteiger partial charge on any atom is -0.309 e. The molecule has 11 aromatic rings. The van der Waals surface area contributed by atoms with Gasteiger partial charge in [0.2, 0.25) is 0 Å². The Bertz CT molecular complexity index is 3190. The van der Waals surface area contributed by atoms with E-state index >= 15 is 0 Å². The third kappa shape index (κ3) is 4.78. The van der Waals surface area contributed by atoms with Crippen LogP contribution in [0.25, 0.3) is 99.7 Å². The van der Waals surface area contributed by atoms with Crippen LogP contribution in [0, 0.1) is 0 Å². The van der Waals surface area contributed by atoms with Crippen LogP contribution < -0.4 is 0 Å². The Balaban J connectivity index is 1.08. The van der Waals surface area contributed by atoms with Crippen molar-refractivity contribution in [3.8, 4) is 45.1 Å². The van der Waals surface area contributed by atoms with Crippen molar-refractivity contribution in [3.05, 3.63) is 194 Å². The number of para-hydroxylation sites is 4. The molecule has 0 N–H and O–H groups in total. The highest BCUT2D eigenvalue weighted by Crippen LogP contribution is 2.39. The molecule has 0 amide bonds. The van der Waals surface area contributed by atoms with E-state index in [9.17, 15) is 0 Å². The highest BCUT2D eigenvalue weighted by molar-refractivity contribution is 6.13. The van der Waals surface area contributed by atoms with Crippen LogP contribution >= 0.6 is 0 Å². The van der Waals surface area contributed by atoms with Crippen molar-refractivity contribution in [1.82, 2.24) is 19.1 Å². The summed E-state index contributed by atoms with van der Waals surface area (Å²) in [5.74, 6) is 1.57. The molecule has 0 saturated carbocycles. The molecule has 0 fully saturated rings. The second-order valence-corrected chi connectivity index (χ2v) is 13.8. The summed E-state index contributed by atoms with van der Waals surface area (Å²) in [7, 11) is 0. The maximum Gasteiger partial charge on any atom is 0.162 e. The molecule has 11 rings (SSSR count). The van der Waals surface area contributed by atoms with Gasteiger partial charge >= 0.3 is 0 Å². The molecule has 0 bridgehead atoms. The van der Waals surface area contributed by atoms with Crippen LogP contribution in [0.2, 0.25) is 0 Å². The maximum absolute atomic E-state index is 5.34. The smallest absolute Gasteiger partial charge is 0.162 e. The van der Waals surface area contributed by atoms with Gasteiger partial charge in [0.05, 0.1) is 27.6 Å². The van der Waals surface area contributed by atoms with E-state index < -0.39 is 0 Å². The molecule has 0 aliphatic rings. The second-order valence-electron chi connectivity index (χ2n) is 13.8. The number of aromatic nitrogens is 4. The van der Waals surface area contributed by atoms with Crippen molar-refractivity contribution in [2.24, 2.45) is 0 Å². The first-order valence-corrected chi connectivity index (χ1v) is 18.3. The third-order valence-corrected chi connectivity index (χ3v) is 10.7. The van der Waals surface area contributed by atoms with Crippen molar-refractivity contribution in [3.63, 3.8) is 0 Å². The van der Waals surface area contributed by atoms with Gasteiger partial charge in [0, 0.05) is 38.2 Å². The van der Waals surface area contributed by atoms with Crippen molar-refractivity contribution in [1.29, 1.82) is 0 Å². The SMILES string of the molecule is c1ccc(-c2ccc(-c3nc(-n4c5ccccc5c5cc(-c6ccc7c(c6)c6ccccc6n7-c6ccccc6)ccc54)c4ccccc4n3)cc2)cc1. The van der Waals surface area contributed by atoms with Crippen LogP contribution in [0.5, 0.6) is 0 Å². The van der Waals surface area contributed by atoms with E-state index in [-0.39, 0.29) is 0 Å². The first-order valence-electron chi connectivity index (χ1n) is 18.3. The molecule has 8 aromatic carbocycles. The summed E-state index contributed by atoms with van der Waals surface area (Å²) in [4.78, 5) is 10.4. The molecule has 3 aromatic heterocycles. The Morgan fingerprint density at radius 2 is 0.759 bits per heavy atom. The zero-order valence-electron chi connectivity index (χ0n) is 29.3. The first-order chi connectivity index (χ1) is 26.8. The van der Waals surface area contributed by atoms with Gasteiger partial charge in [-0.25, -0.2) is 9.97 Å². The van der Waals surface area contributed by atoms with Crippen molar-refractivity contribution in [2.45, 2.75) is 0 Å². The monoisotopic (exact) mass is 688 g/mol. The second kappa shape index (κ2) is 12.1. The van der Waals surface area contributed by atoms with Crippen LogP contribution in [0.3, 0.4) is 0 Å². The molecule has 0 aliphatic heterocycles. The summed E-state index contributed by atoms with van der Waals surface area (Å²) in [5, 5.41) is 5.87. The molecular weight excluding hydrogens is 657 g/mol. The van der Waals surface area contributed by atoms with Gasteiger partial charge in [-0.3, -0.25) is 4.57 Å². The molecule has 0 aliphatic carbocycles. The average molecular weight is 689 g/mol. The average Bonchev–Trinajstić information content (AvgIpc) is 3.76. The molecule has 3 heterocycles. The minimum absolute atomic E-state index is 0.703. The summed E-state index contributed by atoms with van der Waals surface area (Å²) < 4.78 is 4.68. The zero-order chi connectivity index (χ0) is 35.6. The highest BCUT2D eigenvalue weighted by atomic mass is 15.1. The summed E-state index contributed by atoms with van der Waals surface area (Å²) in [6.45, 7) is 0. The normalized spacial score (nSPS) is 11.7. The van der Waals surface area contributed by atoms with Crippen LogP contribution in [-0.2, 0) is 0 Å². The van der Waals surface area contributed by atoms with Gasteiger partial charge in [0.25, 0.3) is 0 Å². The Kier molecular flexibility index (Phi) is 6.82. The lowest BCUT2D eigenvalue weighted by Gasteiger charge is -2.13. The van der Waals surface area contributed by atoms with E-state index in [0.717, 1.165) is 39.0 Å². The van der Waals surface area contributed by atoms with E-state index in [2.05, 4.69) is 191 Å². The lowest BCUT2D eigenvalue weighted by atomic mass is 10.0. The first kappa shape index (κ1) is 30.3. The van der Waals surface area contributed by atoms with Gasteiger partial charge in [-0.2, -0.15) is 0 Å². The van der Waals surface area contributed by atoms with E-state index in [1.165, 1.54) is 54.8 Å². The Morgan fingerprint density at radius 3 is 1.43 bits per heavy atom. The molecule has 4 nitrogen and oxygen atoms in total. The number of fused-ring (bicyclic) bond motifs is 7. The van der Waals surface area contributed by atoms with Gasteiger partial charge < -0.3 is 4.57 Å². The van der Waals surface area contributed by atoms with E-state index in [1.807, 2.05) is 12.1 Å². The predicted octanol–water partition coefficient (Wildman–Crippen LogP) is 12.8. The fourth-order valence-electron chi connectivity index (χ4n) is 8.19. The van der Waals surface area contributed by atoms with Crippen LogP contribution in [0.1, 0.15) is 0 Å². The fraction of sp³-hybridized carbons (Fsp3) is 0. The molecule has 0 atom stereocenters. The lowest BCUT2D eigenvalue weighted by Crippen LogP contribution is -2.02. The number of hydrogen-bond acceptors (Lipinski definition) is 2. The standard InChI is InChI=1S/C50H32N4/c1-3-13-33(14-4-1)34-23-25-35(26-24-34)49-51-44-20-10-7-19-41(44)50(52-49)54-46-22-12-9-18-40(46)43-32-37(28-30-48(43)54)36-27-29-47-42(31-36)39-17-8-11-21-45(39)53(47)38-15-5-2-6-16-38/h1-32H. The molecular formula is C50H32N4. The molecule has 0 spiro atoms. The minimum atomic E-state index is 0.703. The van der Waals surface area contributed by atoms with E-state index in [4.69, 9.17) is 9.97 Å². The van der Waals surface area contributed by atoms with Gasteiger partial charge in [0.1, 0.15) is 5.82 Å². The van der Waals surface area contributed by atoms with Gasteiger partial charge in [-0.1, -0.05) is 133 Å². The van der Waals surface area contributed by atoms with E-state index in [0.29, 0.717) is 5.82 Å².